The summed E-state index contributed by atoms with van der Waals surface area (Å²) in [5.41, 5.74) is 2.87. The first-order chi connectivity index (χ1) is 9.98. The summed E-state index contributed by atoms with van der Waals surface area (Å²) in [6.07, 6.45) is 6.78. The van der Waals surface area contributed by atoms with Crippen molar-refractivity contribution in [3.05, 3.63) is 23.3 Å². The Bertz CT molecular complexity index is 454. The molecule has 2 rings (SSSR count). The molecule has 0 spiro atoms. The zero-order valence-corrected chi connectivity index (χ0v) is 14.7. The molecule has 1 aliphatic rings. The molecule has 0 aromatic carbocycles. The normalized spacial score (nSPS) is 18.6. The lowest BCUT2D eigenvalue weighted by molar-refractivity contribution is 0.346. The van der Waals surface area contributed by atoms with Gasteiger partial charge in [0.2, 0.25) is 0 Å². The molecule has 1 N–H and O–H groups in total. The molecule has 118 valence electrons. The molecular weight excluding hydrogens is 278 g/mol. The molecule has 3 nitrogen and oxygen atoms in total. The standard InChI is InChI=1S/C17H29N3S/c1-5-8-21-12-16-18-11-14-9-13(6-7-15(14)20-16)10-19-17(2,3)4/h11,13,19H,5-10,12H2,1-4H3. The van der Waals surface area contributed by atoms with Gasteiger partial charge in [0.15, 0.2) is 0 Å². The molecule has 0 amide bonds. The molecule has 0 saturated heterocycles. The third kappa shape index (κ3) is 5.59. The summed E-state index contributed by atoms with van der Waals surface area (Å²) in [5.74, 6) is 3.89. The highest BCUT2D eigenvalue weighted by Crippen LogP contribution is 2.24. The van der Waals surface area contributed by atoms with Crippen molar-refractivity contribution in [3.8, 4) is 0 Å². The van der Waals surface area contributed by atoms with Crippen LogP contribution in [0.1, 0.15) is 57.6 Å². The lowest BCUT2D eigenvalue weighted by atomic mass is 9.87. The summed E-state index contributed by atoms with van der Waals surface area (Å²) in [7, 11) is 0. The van der Waals surface area contributed by atoms with E-state index >= 15 is 0 Å². The van der Waals surface area contributed by atoms with E-state index < -0.39 is 0 Å². The first kappa shape index (κ1) is 16.8. The molecule has 4 heteroatoms. The van der Waals surface area contributed by atoms with Crippen LogP contribution in [0.15, 0.2) is 6.20 Å². The fourth-order valence-corrected chi connectivity index (χ4v) is 3.38. The maximum atomic E-state index is 4.78. The highest BCUT2D eigenvalue weighted by Gasteiger charge is 2.22. The van der Waals surface area contributed by atoms with E-state index in [-0.39, 0.29) is 5.54 Å². The number of aromatic nitrogens is 2. The van der Waals surface area contributed by atoms with Gasteiger partial charge in [0, 0.05) is 17.4 Å². The number of hydrogen-bond donors (Lipinski definition) is 1. The SMILES string of the molecule is CCCSCc1ncc2c(n1)CCC(CNC(C)(C)C)C2. The van der Waals surface area contributed by atoms with Gasteiger partial charge in [-0.15, -0.1) is 0 Å². The summed E-state index contributed by atoms with van der Waals surface area (Å²) < 4.78 is 0. The average Bonchev–Trinajstić information content (AvgIpc) is 2.44. The van der Waals surface area contributed by atoms with Crippen LogP contribution in [-0.2, 0) is 18.6 Å². The van der Waals surface area contributed by atoms with Crippen molar-refractivity contribution in [1.82, 2.24) is 15.3 Å². The minimum absolute atomic E-state index is 0.205. The van der Waals surface area contributed by atoms with Crippen molar-refractivity contribution < 1.29 is 0 Å². The van der Waals surface area contributed by atoms with E-state index in [9.17, 15) is 0 Å². The lowest BCUT2D eigenvalue weighted by Gasteiger charge is -2.28. The second-order valence-electron chi connectivity index (χ2n) is 7.05. The quantitative estimate of drug-likeness (QED) is 0.815. The van der Waals surface area contributed by atoms with E-state index in [1.54, 1.807) is 0 Å². The summed E-state index contributed by atoms with van der Waals surface area (Å²) in [4.78, 5) is 9.33. The molecule has 1 aromatic heterocycles. The zero-order valence-electron chi connectivity index (χ0n) is 13.9. The van der Waals surface area contributed by atoms with Crippen molar-refractivity contribution in [1.29, 1.82) is 0 Å². The molecule has 0 fully saturated rings. The lowest BCUT2D eigenvalue weighted by Crippen LogP contribution is -2.40. The van der Waals surface area contributed by atoms with Crippen LogP contribution in [0.3, 0.4) is 0 Å². The van der Waals surface area contributed by atoms with Gasteiger partial charge in [-0.3, -0.25) is 0 Å². The van der Waals surface area contributed by atoms with Crippen molar-refractivity contribution in [2.75, 3.05) is 12.3 Å². The van der Waals surface area contributed by atoms with Gasteiger partial charge in [0.25, 0.3) is 0 Å². The van der Waals surface area contributed by atoms with E-state index in [0.29, 0.717) is 0 Å². The summed E-state index contributed by atoms with van der Waals surface area (Å²) in [6.45, 7) is 10.00. The number of rotatable bonds is 6. The minimum Gasteiger partial charge on any atom is -0.312 e. The van der Waals surface area contributed by atoms with Gasteiger partial charge >= 0.3 is 0 Å². The Hall–Kier alpha value is -0.610. The van der Waals surface area contributed by atoms with E-state index in [0.717, 1.165) is 36.9 Å². The van der Waals surface area contributed by atoms with Crippen LogP contribution < -0.4 is 5.32 Å². The van der Waals surface area contributed by atoms with E-state index in [2.05, 4.69) is 44.2 Å². The smallest absolute Gasteiger partial charge is 0.138 e. The van der Waals surface area contributed by atoms with Gasteiger partial charge in [0.1, 0.15) is 5.82 Å². The highest BCUT2D eigenvalue weighted by molar-refractivity contribution is 7.98. The Kier molecular flexibility index (Phi) is 6.06. The van der Waals surface area contributed by atoms with Gasteiger partial charge in [-0.1, -0.05) is 6.92 Å². The molecule has 1 unspecified atom stereocenters. The van der Waals surface area contributed by atoms with Crippen LogP contribution >= 0.6 is 11.8 Å². The van der Waals surface area contributed by atoms with Gasteiger partial charge < -0.3 is 5.32 Å². The number of fused-ring (bicyclic) bond motifs is 1. The largest absolute Gasteiger partial charge is 0.312 e. The Morgan fingerprint density at radius 2 is 2.19 bits per heavy atom. The number of aryl methyl sites for hydroxylation is 1. The summed E-state index contributed by atoms with van der Waals surface area (Å²) >= 11 is 1.93. The fourth-order valence-electron chi connectivity index (χ4n) is 2.63. The van der Waals surface area contributed by atoms with Crippen molar-refractivity contribution in [2.45, 2.75) is 64.7 Å². The maximum Gasteiger partial charge on any atom is 0.138 e. The third-order valence-corrected chi connectivity index (χ3v) is 4.96. The molecule has 1 aromatic rings. The summed E-state index contributed by atoms with van der Waals surface area (Å²) in [5, 5.41) is 3.62. The monoisotopic (exact) mass is 307 g/mol. The molecule has 0 aliphatic heterocycles. The Labute approximate surface area is 133 Å². The van der Waals surface area contributed by atoms with Gasteiger partial charge in [0.05, 0.1) is 5.75 Å². The molecule has 21 heavy (non-hydrogen) atoms. The van der Waals surface area contributed by atoms with Crippen LogP contribution in [0.5, 0.6) is 0 Å². The first-order valence-corrected chi connectivity index (χ1v) is 9.30. The van der Waals surface area contributed by atoms with Crippen molar-refractivity contribution in [3.63, 3.8) is 0 Å². The molecular formula is C17H29N3S. The molecule has 1 atom stereocenters. The van der Waals surface area contributed by atoms with Gasteiger partial charge in [-0.2, -0.15) is 11.8 Å². The van der Waals surface area contributed by atoms with Crippen LogP contribution in [0.4, 0.5) is 0 Å². The maximum absolute atomic E-state index is 4.78. The Morgan fingerprint density at radius 1 is 1.38 bits per heavy atom. The predicted molar refractivity (Wildman–Crippen MR) is 91.8 cm³/mol. The van der Waals surface area contributed by atoms with E-state index in [4.69, 9.17) is 4.98 Å². The second-order valence-corrected chi connectivity index (χ2v) is 8.16. The second kappa shape index (κ2) is 7.59. The van der Waals surface area contributed by atoms with Crippen LogP contribution in [0.2, 0.25) is 0 Å². The molecule has 0 saturated carbocycles. The predicted octanol–water partition coefficient (Wildman–Crippen LogP) is 3.61. The third-order valence-electron chi connectivity index (χ3n) is 3.80. The topological polar surface area (TPSA) is 37.8 Å². The minimum atomic E-state index is 0.205. The average molecular weight is 308 g/mol. The van der Waals surface area contributed by atoms with Crippen LogP contribution in [0.25, 0.3) is 0 Å². The molecule has 1 aliphatic carbocycles. The van der Waals surface area contributed by atoms with Crippen LogP contribution in [-0.4, -0.2) is 27.8 Å². The number of nitrogens with one attached hydrogen (secondary N) is 1. The fraction of sp³-hybridized carbons (Fsp3) is 0.765. The molecule has 0 bridgehead atoms. The van der Waals surface area contributed by atoms with Crippen LogP contribution in [0, 0.1) is 5.92 Å². The van der Waals surface area contributed by atoms with E-state index in [1.807, 2.05) is 11.8 Å². The number of hydrogen-bond acceptors (Lipinski definition) is 4. The Balaban J connectivity index is 1.90. The Morgan fingerprint density at radius 3 is 2.90 bits per heavy atom. The van der Waals surface area contributed by atoms with Gasteiger partial charge in [-0.25, -0.2) is 9.97 Å². The molecule has 0 radical (unpaired) electrons. The number of nitrogens with zero attached hydrogens (tertiary/aromatic N) is 2. The number of thioether (sulfide) groups is 1. The first-order valence-electron chi connectivity index (χ1n) is 8.14. The van der Waals surface area contributed by atoms with Gasteiger partial charge in [-0.05, 0) is 70.2 Å². The van der Waals surface area contributed by atoms with Crippen molar-refractivity contribution in [2.24, 2.45) is 5.92 Å². The van der Waals surface area contributed by atoms with E-state index in [1.165, 1.54) is 29.9 Å². The highest BCUT2D eigenvalue weighted by atomic mass is 32.2. The zero-order chi connectivity index (χ0) is 15.3. The molecule has 1 heterocycles. The summed E-state index contributed by atoms with van der Waals surface area (Å²) in [6, 6.07) is 0. The van der Waals surface area contributed by atoms with Crippen molar-refractivity contribution >= 4 is 11.8 Å².